The van der Waals surface area contributed by atoms with Gasteiger partial charge in [-0.15, -0.1) is 0 Å². The van der Waals surface area contributed by atoms with Crippen LogP contribution in [0.4, 0.5) is 11.4 Å². The maximum absolute atomic E-state index is 13.0. The van der Waals surface area contributed by atoms with Crippen molar-refractivity contribution in [3.63, 3.8) is 0 Å². The predicted molar refractivity (Wildman–Crippen MR) is 121 cm³/mol. The van der Waals surface area contributed by atoms with Gasteiger partial charge in [0.1, 0.15) is 9.79 Å². The number of benzene rings is 3. The second kappa shape index (κ2) is 8.18. The molecule has 4 aromatic rings. The molecule has 0 fully saturated rings. The van der Waals surface area contributed by atoms with Crippen molar-refractivity contribution in [3.8, 4) is 0 Å². The lowest BCUT2D eigenvalue weighted by molar-refractivity contribution is 0.600. The third kappa shape index (κ3) is 4.48. The molecule has 0 unspecified atom stereocenters. The molecule has 0 spiro atoms. The fourth-order valence-corrected chi connectivity index (χ4v) is 5.82. The van der Waals surface area contributed by atoms with E-state index in [4.69, 9.17) is 11.6 Å². The Labute approximate surface area is 184 Å². The monoisotopic (exact) mass is 473 g/mol. The molecule has 0 aliphatic heterocycles. The normalized spacial score (nSPS) is 11.9. The van der Waals surface area contributed by atoms with E-state index in [2.05, 4.69) is 14.4 Å². The number of para-hydroxylation sites is 1. The molecule has 0 aliphatic rings. The van der Waals surface area contributed by atoms with Crippen LogP contribution in [0.3, 0.4) is 0 Å². The zero-order valence-electron chi connectivity index (χ0n) is 15.9. The number of nitrogens with zero attached hydrogens (tertiary/aromatic N) is 1. The summed E-state index contributed by atoms with van der Waals surface area (Å²) in [5.74, 6) is 0. The quantitative estimate of drug-likeness (QED) is 0.429. The zero-order valence-corrected chi connectivity index (χ0v) is 18.2. The summed E-state index contributed by atoms with van der Waals surface area (Å²) in [6.45, 7) is 0. The first-order chi connectivity index (χ1) is 14.8. The van der Waals surface area contributed by atoms with Crippen LogP contribution in [0.1, 0.15) is 0 Å². The summed E-state index contributed by atoms with van der Waals surface area (Å²) >= 11 is 5.99. The number of hydrogen-bond acceptors (Lipinski definition) is 5. The van der Waals surface area contributed by atoms with E-state index in [1.54, 1.807) is 36.4 Å². The van der Waals surface area contributed by atoms with Gasteiger partial charge in [-0.25, -0.2) is 16.8 Å². The van der Waals surface area contributed by atoms with Crippen molar-refractivity contribution in [2.24, 2.45) is 0 Å². The number of fused-ring (bicyclic) bond motifs is 1. The van der Waals surface area contributed by atoms with Crippen LogP contribution < -0.4 is 9.44 Å². The minimum absolute atomic E-state index is 0.0210. The Morgan fingerprint density at radius 3 is 1.97 bits per heavy atom. The summed E-state index contributed by atoms with van der Waals surface area (Å²) in [4.78, 5) is 4.12. The largest absolute Gasteiger partial charge is 0.280 e. The first-order valence-corrected chi connectivity index (χ1v) is 12.3. The highest BCUT2D eigenvalue weighted by molar-refractivity contribution is 7.93. The zero-order chi connectivity index (χ0) is 22.1. The molecule has 0 atom stereocenters. The first kappa shape index (κ1) is 21.1. The number of hydrogen-bond donors (Lipinski definition) is 2. The van der Waals surface area contributed by atoms with Crippen molar-refractivity contribution in [1.29, 1.82) is 0 Å². The molecule has 0 radical (unpaired) electrons. The van der Waals surface area contributed by atoms with Gasteiger partial charge in [0, 0.05) is 11.6 Å². The Balaban J connectivity index is 1.64. The second-order valence-electron chi connectivity index (χ2n) is 6.55. The van der Waals surface area contributed by atoms with E-state index in [1.165, 1.54) is 48.7 Å². The number of anilines is 2. The van der Waals surface area contributed by atoms with Gasteiger partial charge in [0.2, 0.25) is 0 Å². The Hall–Kier alpha value is -3.14. The molecule has 31 heavy (non-hydrogen) atoms. The lowest BCUT2D eigenvalue weighted by Gasteiger charge is -2.13. The molecule has 1 heterocycles. The highest BCUT2D eigenvalue weighted by Crippen LogP contribution is 2.27. The Morgan fingerprint density at radius 2 is 1.26 bits per heavy atom. The van der Waals surface area contributed by atoms with E-state index < -0.39 is 20.0 Å². The molecular weight excluding hydrogens is 458 g/mol. The van der Waals surface area contributed by atoms with Gasteiger partial charge in [0.05, 0.1) is 21.9 Å². The van der Waals surface area contributed by atoms with Gasteiger partial charge in [-0.05, 0) is 42.5 Å². The molecule has 2 N–H and O–H groups in total. The number of aromatic nitrogens is 1. The number of nitrogens with one attached hydrogen (secondary N) is 2. The molecule has 10 heteroatoms. The van der Waals surface area contributed by atoms with Gasteiger partial charge in [-0.3, -0.25) is 14.4 Å². The first-order valence-electron chi connectivity index (χ1n) is 9.00. The maximum atomic E-state index is 13.0. The summed E-state index contributed by atoms with van der Waals surface area (Å²) in [7, 11) is -7.92. The van der Waals surface area contributed by atoms with E-state index in [0.717, 1.165) is 0 Å². The molecule has 0 bridgehead atoms. The molecule has 0 aliphatic carbocycles. The van der Waals surface area contributed by atoms with Crippen LogP contribution in [-0.4, -0.2) is 21.8 Å². The van der Waals surface area contributed by atoms with Crippen LogP contribution in [0.5, 0.6) is 0 Å². The average Bonchev–Trinajstić information content (AvgIpc) is 2.73. The lowest BCUT2D eigenvalue weighted by atomic mass is 10.2. The third-order valence-electron chi connectivity index (χ3n) is 4.38. The molecule has 1 aromatic heterocycles. The van der Waals surface area contributed by atoms with Gasteiger partial charge >= 0.3 is 0 Å². The standard InChI is InChI=1S/C21H16ClN3O4S2/c22-18-10-1-2-11-19(18)30(26,27)24-16-8-4-9-17(14-16)25-31(28,29)20-12-3-6-15-7-5-13-23-21(15)20/h1-14,24-25H. The minimum Gasteiger partial charge on any atom is -0.280 e. The van der Waals surface area contributed by atoms with Crippen molar-refractivity contribution in [3.05, 3.63) is 90.1 Å². The highest BCUT2D eigenvalue weighted by Gasteiger charge is 2.20. The highest BCUT2D eigenvalue weighted by atomic mass is 35.5. The van der Waals surface area contributed by atoms with E-state index in [0.29, 0.717) is 10.9 Å². The van der Waals surface area contributed by atoms with Gasteiger partial charge < -0.3 is 0 Å². The topological polar surface area (TPSA) is 105 Å². The van der Waals surface area contributed by atoms with Crippen molar-refractivity contribution in [1.82, 2.24) is 4.98 Å². The SMILES string of the molecule is O=S(=O)(Nc1cccc(NS(=O)(=O)c2cccc3cccnc23)c1)c1ccccc1Cl. The second-order valence-corrected chi connectivity index (χ2v) is 10.3. The summed E-state index contributed by atoms with van der Waals surface area (Å²) in [6.07, 6.45) is 1.52. The Bertz CT molecular complexity index is 1480. The Kier molecular flexibility index (Phi) is 5.57. The summed E-state index contributed by atoms with van der Waals surface area (Å²) in [5, 5.41) is 0.766. The molecule has 158 valence electrons. The van der Waals surface area contributed by atoms with Crippen molar-refractivity contribution in [2.75, 3.05) is 9.44 Å². The molecular formula is C21H16ClN3O4S2. The van der Waals surface area contributed by atoms with Gasteiger partial charge in [-0.2, -0.15) is 0 Å². The van der Waals surface area contributed by atoms with Crippen LogP contribution in [0.25, 0.3) is 10.9 Å². The molecule has 7 nitrogen and oxygen atoms in total. The summed E-state index contributed by atoms with van der Waals surface area (Å²) in [5.41, 5.74) is 0.705. The molecule has 0 saturated heterocycles. The van der Waals surface area contributed by atoms with Crippen LogP contribution in [0, 0.1) is 0 Å². The summed E-state index contributed by atoms with van der Waals surface area (Å²) < 4.78 is 56.1. The number of sulfonamides is 2. The molecule has 0 saturated carbocycles. The number of rotatable bonds is 6. The number of pyridine rings is 1. The predicted octanol–water partition coefficient (Wildman–Crippen LogP) is 4.49. The van der Waals surface area contributed by atoms with Crippen molar-refractivity contribution >= 4 is 53.9 Å². The fraction of sp³-hybridized carbons (Fsp3) is 0. The van der Waals surface area contributed by atoms with Crippen molar-refractivity contribution in [2.45, 2.75) is 9.79 Å². The van der Waals surface area contributed by atoms with E-state index >= 15 is 0 Å². The molecule has 0 amide bonds. The van der Waals surface area contributed by atoms with E-state index in [-0.39, 0.29) is 26.2 Å². The van der Waals surface area contributed by atoms with E-state index in [9.17, 15) is 16.8 Å². The lowest BCUT2D eigenvalue weighted by Crippen LogP contribution is -2.15. The van der Waals surface area contributed by atoms with Gasteiger partial charge in [-0.1, -0.05) is 48.0 Å². The Morgan fingerprint density at radius 1 is 0.677 bits per heavy atom. The maximum Gasteiger partial charge on any atom is 0.264 e. The van der Waals surface area contributed by atoms with Crippen molar-refractivity contribution < 1.29 is 16.8 Å². The average molecular weight is 474 g/mol. The van der Waals surface area contributed by atoms with Gasteiger partial charge in [0.25, 0.3) is 20.0 Å². The number of halogens is 1. The molecule has 4 rings (SSSR count). The third-order valence-corrected chi connectivity index (χ3v) is 7.67. The molecule has 3 aromatic carbocycles. The van der Waals surface area contributed by atoms with Crippen LogP contribution in [0.15, 0.2) is 94.9 Å². The van der Waals surface area contributed by atoms with Crippen LogP contribution in [-0.2, 0) is 20.0 Å². The summed E-state index contributed by atoms with van der Waals surface area (Å²) in [6, 6.07) is 20.3. The van der Waals surface area contributed by atoms with Gasteiger partial charge in [0.15, 0.2) is 0 Å². The smallest absolute Gasteiger partial charge is 0.264 e. The van der Waals surface area contributed by atoms with Crippen LogP contribution >= 0.6 is 11.6 Å². The van der Waals surface area contributed by atoms with E-state index in [1.807, 2.05) is 0 Å². The fourth-order valence-electron chi connectivity index (χ4n) is 3.02. The van der Waals surface area contributed by atoms with Crippen LogP contribution in [0.2, 0.25) is 5.02 Å². The minimum atomic E-state index is -3.97.